The van der Waals surface area contributed by atoms with Crippen molar-refractivity contribution in [1.29, 1.82) is 0 Å². The predicted octanol–water partition coefficient (Wildman–Crippen LogP) is -0.475. The number of benzene rings is 1. The molecule has 0 radical (unpaired) electrons. The van der Waals surface area contributed by atoms with Gasteiger partial charge in [0, 0.05) is 12.6 Å². The highest BCUT2D eigenvalue weighted by Crippen LogP contribution is 2.19. The summed E-state index contributed by atoms with van der Waals surface area (Å²) in [6.07, 6.45) is -3.03. The van der Waals surface area contributed by atoms with Gasteiger partial charge in [-0.1, -0.05) is 12.1 Å². The summed E-state index contributed by atoms with van der Waals surface area (Å²) in [5.41, 5.74) is 5.76. The van der Waals surface area contributed by atoms with Gasteiger partial charge >= 0.3 is 0 Å². The van der Waals surface area contributed by atoms with Crippen molar-refractivity contribution in [2.24, 2.45) is 5.73 Å². The monoisotopic (exact) mass is 238 g/mol. The smallest absolute Gasteiger partial charge is 0.249 e. The lowest BCUT2D eigenvalue weighted by Gasteiger charge is -2.15. The summed E-state index contributed by atoms with van der Waals surface area (Å²) < 4.78 is 0. The van der Waals surface area contributed by atoms with E-state index in [1.165, 1.54) is 19.1 Å². The van der Waals surface area contributed by atoms with Crippen LogP contribution in [0.1, 0.15) is 18.6 Å². The Morgan fingerprint density at radius 2 is 1.76 bits per heavy atom. The molecule has 0 saturated carbocycles. The van der Waals surface area contributed by atoms with Crippen LogP contribution in [-0.2, 0) is 9.59 Å². The minimum Gasteiger partial charge on any atom is -0.385 e. The summed E-state index contributed by atoms with van der Waals surface area (Å²) in [6, 6.07) is 6.07. The first-order valence-electron chi connectivity index (χ1n) is 4.95. The standard InChI is InChI=1S/C11H14N2O4/c1-6(14)13-8-4-2-7(3-5-8)9(15)10(16)11(12)17/h2-5,9-10,15-16H,1H3,(H2,12,17)(H,13,14). The van der Waals surface area contributed by atoms with Crippen molar-refractivity contribution in [2.75, 3.05) is 5.32 Å². The number of hydrogen-bond acceptors (Lipinski definition) is 4. The van der Waals surface area contributed by atoms with Crippen LogP contribution in [0.25, 0.3) is 0 Å². The molecule has 0 fully saturated rings. The van der Waals surface area contributed by atoms with E-state index in [4.69, 9.17) is 5.73 Å². The first-order chi connectivity index (χ1) is 7.91. The number of aliphatic hydroxyl groups is 2. The molecule has 92 valence electrons. The fraction of sp³-hybridized carbons (Fsp3) is 0.273. The Morgan fingerprint density at radius 1 is 1.24 bits per heavy atom. The third-order valence-electron chi connectivity index (χ3n) is 2.16. The van der Waals surface area contributed by atoms with E-state index in [0.29, 0.717) is 11.3 Å². The molecule has 0 aromatic heterocycles. The molecular formula is C11H14N2O4. The van der Waals surface area contributed by atoms with Gasteiger partial charge in [-0.3, -0.25) is 9.59 Å². The lowest BCUT2D eigenvalue weighted by atomic mass is 10.0. The average Bonchev–Trinajstić information content (AvgIpc) is 2.27. The van der Waals surface area contributed by atoms with E-state index in [0.717, 1.165) is 0 Å². The van der Waals surface area contributed by atoms with Crippen LogP contribution in [0.3, 0.4) is 0 Å². The normalized spacial score (nSPS) is 13.8. The molecule has 0 saturated heterocycles. The second-order valence-corrected chi connectivity index (χ2v) is 3.60. The van der Waals surface area contributed by atoms with Gasteiger partial charge in [-0.05, 0) is 17.7 Å². The average molecular weight is 238 g/mol. The van der Waals surface area contributed by atoms with Crippen molar-refractivity contribution < 1.29 is 19.8 Å². The molecule has 0 bridgehead atoms. The van der Waals surface area contributed by atoms with E-state index in [2.05, 4.69) is 5.32 Å². The summed E-state index contributed by atoms with van der Waals surface area (Å²) >= 11 is 0. The minimum absolute atomic E-state index is 0.213. The molecule has 1 rings (SSSR count). The molecule has 2 atom stereocenters. The zero-order chi connectivity index (χ0) is 13.0. The maximum Gasteiger partial charge on any atom is 0.249 e. The third kappa shape index (κ3) is 3.54. The second kappa shape index (κ2) is 5.42. The molecule has 6 heteroatoms. The van der Waals surface area contributed by atoms with Crippen molar-refractivity contribution >= 4 is 17.5 Å². The van der Waals surface area contributed by atoms with Crippen LogP contribution in [0.15, 0.2) is 24.3 Å². The van der Waals surface area contributed by atoms with Gasteiger partial charge in [0.25, 0.3) is 0 Å². The number of nitrogens with one attached hydrogen (secondary N) is 1. The van der Waals surface area contributed by atoms with E-state index in [1.54, 1.807) is 12.1 Å². The molecule has 17 heavy (non-hydrogen) atoms. The maximum atomic E-state index is 10.8. The summed E-state index contributed by atoms with van der Waals surface area (Å²) in [5.74, 6) is -1.21. The Bertz CT molecular complexity index is 416. The van der Waals surface area contributed by atoms with Crippen LogP contribution in [0.4, 0.5) is 5.69 Å². The molecule has 5 N–H and O–H groups in total. The number of primary amides is 1. The van der Waals surface area contributed by atoms with Gasteiger partial charge in [0.15, 0.2) is 6.10 Å². The fourth-order valence-electron chi connectivity index (χ4n) is 1.30. The Balaban J connectivity index is 2.80. The number of carbonyl (C=O) groups excluding carboxylic acids is 2. The Kier molecular flexibility index (Phi) is 4.19. The fourth-order valence-corrected chi connectivity index (χ4v) is 1.30. The van der Waals surface area contributed by atoms with Crippen LogP contribution >= 0.6 is 0 Å². The first-order valence-corrected chi connectivity index (χ1v) is 4.95. The van der Waals surface area contributed by atoms with Crippen LogP contribution in [0.5, 0.6) is 0 Å². The Labute approximate surface area is 98.1 Å². The summed E-state index contributed by atoms with van der Waals surface area (Å²) in [4.78, 5) is 21.4. The molecule has 0 aliphatic rings. The number of rotatable bonds is 4. The molecule has 0 spiro atoms. The Hall–Kier alpha value is -1.92. The molecular weight excluding hydrogens is 224 g/mol. The maximum absolute atomic E-state index is 10.8. The van der Waals surface area contributed by atoms with Gasteiger partial charge in [0.05, 0.1) is 0 Å². The molecule has 0 aliphatic heterocycles. The van der Waals surface area contributed by atoms with Gasteiger partial charge in [0.1, 0.15) is 6.10 Å². The quantitative estimate of drug-likeness (QED) is 0.567. The third-order valence-corrected chi connectivity index (χ3v) is 2.16. The molecule has 0 heterocycles. The minimum atomic E-state index is -1.65. The van der Waals surface area contributed by atoms with E-state index in [9.17, 15) is 19.8 Å². The molecule has 6 nitrogen and oxygen atoms in total. The zero-order valence-corrected chi connectivity index (χ0v) is 9.25. The number of anilines is 1. The number of nitrogens with two attached hydrogens (primary N) is 1. The van der Waals surface area contributed by atoms with Gasteiger partial charge in [-0.25, -0.2) is 0 Å². The molecule has 2 amide bonds. The highest BCUT2D eigenvalue weighted by Gasteiger charge is 2.23. The predicted molar refractivity (Wildman–Crippen MR) is 60.9 cm³/mol. The molecule has 2 unspecified atom stereocenters. The van der Waals surface area contributed by atoms with Crippen molar-refractivity contribution in [3.05, 3.63) is 29.8 Å². The highest BCUT2D eigenvalue weighted by molar-refractivity contribution is 5.88. The lowest BCUT2D eigenvalue weighted by molar-refractivity contribution is -0.132. The number of carbonyl (C=O) groups is 2. The Morgan fingerprint density at radius 3 is 2.18 bits per heavy atom. The van der Waals surface area contributed by atoms with E-state index in [-0.39, 0.29) is 5.91 Å². The zero-order valence-electron chi connectivity index (χ0n) is 9.25. The van der Waals surface area contributed by atoms with Gasteiger partial charge in [-0.2, -0.15) is 0 Å². The van der Waals surface area contributed by atoms with Crippen LogP contribution in [0, 0.1) is 0 Å². The largest absolute Gasteiger partial charge is 0.385 e. The van der Waals surface area contributed by atoms with Crippen molar-refractivity contribution in [3.8, 4) is 0 Å². The molecule has 1 aromatic carbocycles. The number of amides is 2. The van der Waals surface area contributed by atoms with Crippen LogP contribution in [-0.4, -0.2) is 28.1 Å². The van der Waals surface area contributed by atoms with Crippen LogP contribution in [0.2, 0.25) is 0 Å². The molecule has 0 aliphatic carbocycles. The highest BCUT2D eigenvalue weighted by atomic mass is 16.3. The SMILES string of the molecule is CC(=O)Nc1ccc(C(O)C(O)C(N)=O)cc1. The summed E-state index contributed by atoms with van der Waals surface area (Å²) in [6.45, 7) is 1.37. The van der Waals surface area contributed by atoms with Gasteiger partial charge in [0.2, 0.25) is 11.8 Å². The summed E-state index contributed by atoms with van der Waals surface area (Å²) in [7, 11) is 0. The first kappa shape index (κ1) is 13.1. The number of aliphatic hydroxyl groups excluding tert-OH is 2. The van der Waals surface area contributed by atoms with Crippen molar-refractivity contribution in [1.82, 2.24) is 0 Å². The van der Waals surface area contributed by atoms with Gasteiger partial charge < -0.3 is 21.3 Å². The van der Waals surface area contributed by atoms with Crippen molar-refractivity contribution in [2.45, 2.75) is 19.1 Å². The topological polar surface area (TPSA) is 113 Å². The summed E-state index contributed by atoms with van der Waals surface area (Å²) in [5, 5.41) is 21.4. The lowest BCUT2D eigenvalue weighted by Crippen LogP contribution is -2.33. The number of hydrogen-bond donors (Lipinski definition) is 4. The van der Waals surface area contributed by atoms with E-state index >= 15 is 0 Å². The second-order valence-electron chi connectivity index (χ2n) is 3.60. The molecule has 1 aromatic rings. The van der Waals surface area contributed by atoms with E-state index < -0.39 is 18.1 Å². The van der Waals surface area contributed by atoms with Crippen molar-refractivity contribution in [3.63, 3.8) is 0 Å². The van der Waals surface area contributed by atoms with Gasteiger partial charge in [-0.15, -0.1) is 0 Å². The van der Waals surface area contributed by atoms with E-state index in [1.807, 2.05) is 0 Å². The van der Waals surface area contributed by atoms with Crippen LogP contribution < -0.4 is 11.1 Å².